The maximum atomic E-state index is 13.4. The van der Waals surface area contributed by atoms with Crippen LogP contribution in [0.3, 0.4) is 0 Å². The van der Waals surface area contributed by atoms with Crippen LogP contribution >= 0.6 is 11.6 Å². The van der Waals surface area contributed by atoms with E-state index >= 15 is 0 Å². The van der Waals surface area contributed by atoms with Gasteiger partial charge in [-0.3, -0.25) is 9.67 Å². The van der Waals surface area contributed by atoms with E-state index in [0.29, 0.717) is 11.4 Å². The summed E-state index contributed by atoms with van der Waals surface area (Å²) >= 11 is 6.31. The van der Waals surface area contributed by atoms with Crippen molar-refractivity contribution in [2.24, 2.45) is 7.05 Å². The van der Waals surface area contributed by atoms with Gasteiger partial charge in [-0.2, -0.15) is 5.10 Å². The molecule has 2 heterocycles. The van der Waals surface area contributed by atoms with Crippen LogP contribution < -0.4 is 5.32 Å². The predicted molar refractivity (Wildman–Crippen MR) is 81.9 cm³/mol. The number of rotatable bonds is 6. The van der Waals surface area contributed by atoms with Gasteiger partial charge in [0.1, 0.15) is 5.82 Å². The molecule has 0 bridgehead atoms. The van der Waals surface area contributed by atoms with Gasteiger partial charge in [-0.05, 0) is 31.5 Å². The van der Waals surface area contributed by atoms with Crippen LogP contribution in [0.2, 0.25) is 5.02 Å². The molecule has 0 amide bonds. The quantitative estimate of drug-likeness (QED) is 0.891. The number of aryl methyl sites for hydroxylation is 2. The molecule has 0 aromatic carbocycles. The van der Waals surface area contributed by atoms with Gasteiger partial charge in [-0.1, -0.05) is 18.5 Å². The van der Waals surface area contributed by atoms with Gasteiger partial charge in [-0.15, -0.1) is 0 Å². The molecule has 2 aromatic rings. The number of aromatic nitrogens is 3. The topological polar surface area (TPSA) is 42.7 Å². The highest BCUT2D eigenvalue weighted by molar-refractivity contribution is 6.31. The average Bonchev–Trinajstić information content (AvgIpc) is 2.69. The maximum Gasteiger partial charge on any atom is 0.141 e. The summed E-state index contributed by atoms with van der Waals surface area (Å²) in [4.78, 5) is 3.93. The van der Waals surface area contributed by atoms with Crippen LogP contribution in [0.4, 0.5) is 4.39 Å². The van der Waals surface area contributed by atoms with Gasteiger partial charge < -0.3 is 5.32 Å². The minimum atomic E-state index is -0.330. The molecule has 0 aliphatic rings. The average molecular weight is 311 g/mol. The summed E-state index contributed by atoms with van der Waals surface area (Å²) < 4.78 is 15.2. The van der Waals surface area contributed by atoms with Gasteiger partial charge in [0.15, 0.2) is 0 Å². The molecule has 0 fully saturated rings. The second-order valence-electron chi connectivity index (χ2n) is 5.12. The Labute approximate surface area is 129 Å². The highest BCUT2D eigenvalue weighted by Crippen LogP contribution is 2.25. The third-order valence-electron chi connectivity index (χ3n) is 3.43. The molecule has 21 heavy (non-hydrogen) atoms. The van der Waals surface area contributed by atoms with Crippen molar-refractivity contribution in [3.05, 3.63) is 46.3 Å². The number of nitrogens with one attached hydrogen (secondary N) is 1. The zero-order valence-electron chi connectivity index (χ0n) is 12.5. The van der Waals surface area contributed by atoms with Gasteiger partial charge in [-0.25, -0.2) is 4.39 Å². The van der Waals surface area contributed by atoms with Crippen molar-refractivity contribution in [1.29, 1.82) is 0 Å². The van der Waals surface area contributed by atoms with Crippen molar-refractivity contribution in [3.63, 3.8) is 0 Å². The molecule has 0 radical (unpaired) electrons. The van der Waals surface area contributed by atoms with E-state index in [4.69, 9.17) is 11.6 Å². The summed E-state index contributed by atoms with van der Waals surface area (Å²) in [5, 5.41) is 8.41. The van der Waals surface area contributed by atoms with Gasteiger partial charge in [0, 0.05) is 25.7 Å². The first-order chi connectivity index (χ1) is 10.0. The Kier molecular flexibility index (Phi) is 5.31. The van der Waals surface area contributed by atoms with Crippen LogP contribution in [0.15, 0.2) is 18.5 Å². The van der Waals surface area contributed by atoms with Crippen LogP contribution in [0.5, 0.6) is 0 Å². The number of hydrogen-bond donors (Lipinski definition) is 1. The van der Waals surface area contributed by atoms with E-state index in [0.717, 1.165) is 29.9 Å². The lowest BCUT2D eigenvalue weighted by Crippen LogP contribution is -2.25. The van der Waals surface area contributed by atoms with Crippen molar-refractivity contribution >= 4 is 11.6 Å². The Hall–Kier alpha value is -1.46. The molecular formula is C15H20ClFN4. The minimum Gasteiger partial charge on any atom is -0.310 e. The van der Waals surface area contributed by atoms with Crippen LogP contribution in [0, 0.1) is 12.7 Å². The number of halogens is 2. The fourth-order valence-corrected chi connectivity index (χ4v) is 2.58. The fourth-order valence-electron chi connectivity index (χ4n) is 2.34. The Bertz CT molecular complexity index is 612. The lowest BCUT2D eigenvalue weighted by molar-refractivity contribution is 0.506. The number of hydrogen-bond acceptors (Lipinski definition) is 3. The van der Waals surface area contributed by atoms with Gasteiger partial charge in [0.2, 0.25) is 0 Å². The van der Waals surface area contributed by atoms with E-state index in [2.05, 4.69) is 22.3 Å². The summed E-state index contributed by atoms with van der Waals surface area (Å²) in [6.07, 6.45) is 4.54. The zero-order valence-corrected chi connectivity index (χ0v) is 13.3. The minimum absolute atomic E-state index is 0.0413. The molecular weight excluding hydrogens is 291 g/mol. The summed E-state index contributed by atoms with van der Waals surface area (Å²) in [6.45, 7) is 4.81. The molecule has 6 heteroatoms. The third-order valence-corrected chi connectivity index (χ3v) is 3.92. The molecule has 1 atom stereocenters. The summed E-state index contributed by atoms with van der Waals surface area (Å²) in [6, 6.07) is 1.47. The first-order valence-corrected chi connectivity index (χ1v) is 7.42. The van der Waals surface area contributed by atoms with Crippen molar-refractivity contribution in [2.75, 3.05) is 6.54 Å². The Morgan fingerprint density at radius 1 is 1.43 bits per heavy atom. The number of nitrogens with zero attached hydrogens (tertiary/aromatic N) is 3. The van der Waals surface area contributed by atoms with Crippen molar-refractivity contribution in [3.8, 4) is 0 Å². The lowest BCUT2D eigenvalue weighted by Gasteiger charge is -2.19. The lowest BCUT2D eigenvalue weighted by atomic mass is 10.0. The monoisotopic (exact) mass is 310 g/mol. The second-order valence-corrected chi connectivity index (χ2v) is 5.49. The Morgan fingerprint density at radius 3 is 2.76 bits per heavy atom. The molecule has 0 aliphatic heterocycles. The largest absolute Gasteiger partial charge is 0.310 e. The van der Waals surface area contributed by atoms with Crippen molar-refractivity contribution in [1.82, 2.24) is 20.1 Å². The molecule has 0 aliphatic carbocycles. The first kappa shape index (κ1) is 15.9. The summed E-state index contributed by atoms with van der Waals surface area (Å²) in [5.74, 6) is -0.330. The summed E-state index contributed by atoms with van der Waals surface area (Å²) in [7, 11) is 1.87. The van der Waals surface area contributed by atoms with Crippen molar-refractivity contribution < 1.29 is 4.39 Å². The molecule has 1 unspecified atom stereocenters. The van der Waals surface area contributed by atoms with Crippen LogP contribution in [-0.4, -0.2) is 21.3 Å². The van der Waals surface area contributed by atoms with Gasteiger partial charge in [0.05, 0.1) is 22.6 Å². The highest BCUT2D eigenvalue weighted by Gasteiger charge is 2.18. The molecule has 1 N–H and O–H groups in total. The van der Waals surface area contributed by atoms with Gasteiger partial charge >= 0.3 is 0 Å². The molecule has 4 nitrogen and oxygen atoms in total. The SMILES string of the molecule is CCCNC(Cc1c(Cl)c(C)nn1C)c1cncc(F)c1. The molecule has 2 aromatic heterocycles. The number of pyridine rings is 1. The molecule has 0 saturated heterocycles. The van der Waals surface area contributed by atoms with E-state index in [9.17, 15) is 4.39 Å². The maximum absolute atomic E-state index is 13.4. The molecule has 114 valence electrons. The van der Waals surface area contributed by atoms with Crippen LogP contribution in [0.25, 0.3) is 0 Å². The molecule has 2 rings (SSSR count). The predicted octanol–water partition coefficient (Wildman–Crippen LogP) is 3.20. The summed E-state index contributed by atoms with van der Waals surface area (Å²) in [5.41, 5.74) is 2.56. The fraction of sp³-hybridized carbons (Fsp3) is 0.467. The smallest absolute Gasteiger partial charge is 0.141 e. The van der Waals surface area contributed by atoms with Crippen LogP contribution in [-0.2, 0) is 13.5 Å². The van der Waals surface area contributed by atoms with E-state index in [-0.39, 0.29) is 11.9 Å². The Balaban J connectivity index is 2.28. The second kappa shape index (κ2) is 7.00. The van der Waals surface area contributed by atoms with E-state index in [1.54, 1.807) is 10.9 Å². The van der Waals surface area contributed by atoms with Crippen LogP contribution in [0.1, 0.15) is 36.3 Å². The van der Waals surface area contributed by atoms with E-state index < -0.39 is 0 Å². The zero-order chi connectivity index (χ0) is 15.4. The van der Waals surface area contributed by atoms with E-state index in [1.165, 1.54) is 12.3 Å². The first-order valence-electron chi connectivity index (χ1n) is 7.04. The molecule has 0 spiro atoms. The van der Waals surface area contributed by atoms with Gasteiger partial charge in [0.25, 0.3) is 0 Å². The highest BCUT2D eigenvalue weighted by atomic mass is 35.5. The van der Waals surface area contributed by atoms with E-state index in [1.807, 2.05) is 14.0 Å². The van der Waals surface area contributed by atoms with Crippen molar-refractivity contribution in [2.45, 2.75) is 32.7 Å². The standard InChI is InChI=1S/C15H20ClFN4/c1-4-5-19-13(11-6-12(17)9-18-8-11)7-14-15(16)10(2)20-21(14)3/h6,8-9,13,19H,4-5,7H2,1-3H3. The normalized spacial score (nSPS) is 12.6. The third kappa shape index (κ3) is 3.80. The Morgan fingerprint density at radius 2 is 2.19 bits per heavy atom. The molecule has 0 saturated carbocycles.